The summed E-state index contributed by atoms with van der Waals surface area (Å²) in [5.74, 6) is 0.319. The van der Waals surface area contributed by atoms with E-state index in [0.717, 1.165) is 19.5 Å². The van der Waals surface area contributed by atoms with Crippen LogP contribution in [0.5, 0.6) is 0 Å². The first-order valence-electron chi connectivity index (χ1n) is 7.46. The first-order valence-corrected chi connectivity index (χ1v) is 7.46. The van der Waals surface area contributed by atoms with Gasteiger partial charge in [0.05, 0.1) is 6.42 Å². The van der Waals surface area contributed by atoms with Gasteiger partial charge in [-0.3, -0.25) is 4.79 Å². The molecule has 2 rings (SSSR count). The van der Waals surface area contributed by atoms with Gasteiger partial charge in [-0.05, 0) is 38.2 Å². The Labute approximate surface area is 132 Å². The molecule has 0 aromatic carbocycles. The summed E-state index contributed by atoms with van der Waals surface area (Å²) in [5.41, 5.74) is 1.25. The Bertz CT molecular complexity index is 419. The van der Waals surface area contributed by atoms with Crippen molar-refractivity contribution in [2.45, 2.75) is 58.5 Å². The zero-order valence-electron chi connectivity index (χ0n) is 12.5. The predicted octanol–water partition coefficient (Wildman–Crippen LogP) is -0.532. The van der Waals surface area contributed by atoms with Gasteiger partial charge in [0.1, 0.15) is 0 Å². The van der Waals surface area contributed by atoms with Gasteiger partial charge in [-0.15, -0.1) is 0 Å². The van der Waals surface area contributed by atoms with E-state index in [1.807, 2.05) is 0 Å². The topological polar surface area (TPSA) is 24.2 Å². The second-order valence-electron chi connectivity index (χ2n) is 5.51. The van der Waals surface area contributed by atoms with Gasteiger partial charge < -0.3 is 21.9 Å². The summed E-state index contributed by atoms with van der Waals surface area (Å²) in [6.07, 6.45) is 9.43. The molecule has 1 atom stereocenters. The van der Waals surface area contributed by atoms with Crippen LogP contribution in [0.4, 0.5) is 0 Å². The molecule has 0 aliphatic carbocycles. The highest BCUT2D eigenvalue weighted by atomic mass is 79.9. The van der Waals surface area contributed by atoms with Crippen molar-refractivity contribution in [1.82, 2.24) is 4.90 Å². The summed E-state index contributed by atoms with van der Waals surface area (Å²) in [5, 5.41) is 0. The zero-order chi connectivity index (χ0) is 13.7. The number of aromatic nitrogens is 1. The number of likely N-dealkylation sites (tertiary alicyclic amines) is 1. The van der Waals surface area contributed by atoms with Gasteiger partial charge in [-0.25, -0.2) is 4.57 Å². The lowest BCUT2D eigenvalue weighted by atomic mass is 9.99. The molecule has 0 bridgehead atoms. The SMILES string of the molecule is CCC1CCCCN1C(=O)CC[n+]1ccc(C)cc1.[Br-]. The molecule has 1 aromatic heterocycles. The maximum Gasteiger partial charge on any atom is 0.229 e. The molecule has 1 fully saturated rings. The van der Waals surface area contributed by atoms with Gasteiger partial charge in [-0.2, -0.15) is 0 Å². The molecule has 4 heteroatoms. The minimum absolute atomic E-state index is 0. The van der Waals surface area contributed by atoms with Gasteiger partial charge in [0, 0.05) is 24.7 Å². The van der Waals surface area contributed by atoms with Gasteiger partial charge in [0.25, 0.3) is 0 Å². The highest BCUT2D eigenvalue weighted by Crippen LogP contribution is 2.20. The number of nitrogens with zero attached hydrogens (tertiary/aromatic N) is 2. The highest BCUT2D eigenvalue weighted by Gasteiger charge is 2.25. The fourth-order valence-electron chi connectivity index (χ4n) is 2.80. The summed E-state index contributed by atoms with van der Waals surface area (Å²) >= 11 is 0. The molecule has 112 valence electrons. The number of carbonyl (C=O) groups excluding carboxylic acids is 1. The van der Waals surface area contributed by atoms with Crippen molar-refractivity contribution in [3.63, 3.8) is 0 Å². The molecule has 0 radical (unpaired) electrons. The Hall–Kier alpha value is -0.900. The first-order chi connectivity index (χ1) is 9.20. The maximum absolute atomic E-state index is 12.3. The first kappa shape index (κ1) is 17.2. The van der Waals surface area contributed by atoms with Crippen molar-refractivity contribution in [3.8, 4) is 0 Å². The Morgan fingerprint density at radius 2 is 2.05 bits per heavy atom. The van der Waals surface area contributed by atoms with Crippen LogP contribution in [-0.4, -0.2) is 23.4 Å². The van der Waals surface area contributed by atoms with Gasteiger partial charge in [-0.1, -0.05) is 6.92 Å². The summed E-state index contributed by atoms with van der Waals surface area (Å²) in [6.45, 7) is 6.00. The molecular formula is C16H25BrN2O. The van der Waals surface area contributed by atoms with E-state index < -0.39 is 0 Å². The number of pyridine rings is 1. The third kappa shape index (κ3) is 4.58. The largest absolute Gasteiger partial charge is 1.00 e. The lowest BCUT2D eigenvalue weighted by molar-refractivity contribution is -0.696. The lowest BCUT2D eigenvalue weighted by Crippen LogP contribution is -3.00. The average Bonchev–Trinajstić information content (AvgIpc) is 2.46. The van der Waals surface area contributed by atoms with Crippen molar-refractivity contribution >= 4 is 5.91 Å². The molecule has 0 spiro atoms. The zero-order valence-corrected chi connectivity index (χ0v) is 14.1. The van der Waals surface area contributed by atoms with Crippen LogP contribution in [0.15, 0.2) is 24.5 Å². The molecule has 0 saturated carbocycles. The number of rotatable bonds is 4. The molecule has 1 aromatic rings. The van der Waals surface area contributed by atoms with Crippen molar-refractivity contribution in [1.29, 1.82) is 0 Å². The minimum Gasteiger partial charge on any atom is -1.00 e. The van der Waals surface area contributed by atoms with Crippen molar-refractivity contribution in [2.75, 3.05) is 6.54 Å². The predicted molar refractivity (Wildman–Crippen MR) is 75.6 cm³/mol. The second kappa shape index (κ2) is 8.40. The molecule has 1 aliphatic heterocycles. The number of carbonyl (C=O) groups is 1. The molecule has 1 unspecified atom stereocenters. The molecule has 2 heterocycles. The number of hydrogen-bond donors (Lipinski definition) is 0. The van der Waals surface area contributed by atoms with Crippen molar-refractivity contribution in [2.24, 2.45) is 0 Å². The van der Waals surface area contributed by atoms with Crippen LogP contribution in [0.2, 0.25) is 0 Å². The molecular weight excluding hydrogens is 316 g/mol. The van der Waals surface area contributed by atoms with E-state index in [4.69, 9.17) is 0 Å². The lowest BCUT2D eigenvalue weighted by Gasteiger charge is -2.35. The fourth-order valence-corrected chi connectivity index (χ4v) is 2.80. The Morgan fingerprint density at radius 3 is 2.70 bits per heavy atom. The fraction of sp³-hybridized carbons (Fsp3) is 0.625. The van der Waals surface area contributed by atoms with Crippen LogP contribution in [-0.2, 0) is 11.3 Å². The van der Waals surface area contributed by atoms with E-state index in [0.29, 0.717) is 18.4 Å². The van der Waals surface area contributed by atoms with E-state index in [1.54, 1.807) is 0 Å². The molecule has 1 amide bonds. The monoisotopic (exact) mass is 340 g/mol. The molecule has 0 N–H and O–H groups in total. The standard InChI is InChI=1S/C16H25N2O.BrH/c1-3-15-6-4-5-10-18(15)16(19)9-13-17-11-7-14(2)8-12-17;/h7-8,11-12,15H,3-6,9-10,13H2,1-2H3;1H/q+1;/p-1. The maximum atomic E-state index is 12.3. The Balaban J connectivity index is 0.00000200. The van der Waals surface area contributed by atoms with E-state index in [1.165, 1.54) is 24.8 Å². The Morgan fingerprint density at radius 1 is 1.35 bits per heavy atom. The number of halogens is 1. The Kier molecular flexibility index (Phi) is 7.20. The summed E-state index contributed by atoms with van der Waals surface area (Å²) in [6, 6.07) is 4.64. The van der Waals surface area contributed by atoms with E-state index >= 15 is 0 Å². The minimum atomic E-state index is 0. The van der Waals surface area contributed by atoms with Crippen LogP contribution >= 0.6 is 0 Å². The average molecular weight is 341 g/mol. The van der Waals surface area contributed by atoms with E-state index in [-0.39, 0.29) is 17.0 Å². The third-order valence-electron chi connectivity index (χ3n) is 4.06. The highest BCUT2D eigenvalue weighted by molar-refractivity contribution is 5.76. The molecule has 3 nitrogen and oxygen atoms in total. The smallest absolute Gasteiger partial charge is 0.229 e. The summed E-state index contributed by atoms with van der Waals surface area (Å²) in [4.78, 5) is 14.4. The van der Waals surface area contributed by atoms with Crippen LogP contribution in [0.1, 0.15) is 44.6 Å². The number of amides is 1. The van der Waals surface area contributed by atoms with Crippen molar-refractivity contribution < 1.29 is 26.3 Å². The molecule has 1 saturated heterocycles. The number of hydrogen-bond acceptors (Lipinski definition) is 1. The van der Waals surface area contributed by atoms with E-state index in [2.05, 4.69) is 47.8 Å². The molecule has 1 aliphatic rings. The van der Waals surface area contributed by atoms with Crippen molar-refractivity contribution in [3.05, 3.63) is 30.1 Å². The van der Waals surface area contributed by atoms with Gasteiger partial charge >= 0.3 is 0 Å². The second-order valence-corrected chi connectivity index (χ2v) is 5.51. The summed E-state index contributed by atoms with van der Waals surface area (Å²) < 4.78 is 2.09. The van der Waals surface area contributed by atoms with Crippen LogP contribution in [0, 0.1) is 6.92 Å². The van der Waals surface area contributed by atoms with E-state index in [9.17, 15) is 4.79 Å². The van der Waals surface area contributed by atoms with Crippen LogP contribution < -0.4 is 21.5 Å². The normalized spacial score (nSPS) is 18.5. The van der Waals surface area contributed by atoms with Crippen LogP contribution in [0.25, 0.3) is 0 Å². The van der Waals surface area contributed by atoms with Gasteiger partial charge in [0.2, 0.25) is 5.91 Å². The molecule has 20 heavy (non-hydrogen) atoms. The number of piperidine rings is 1. The number of aryl methyl sites for hydroxylation is 2. The summed E-state index contributed by atoms with van der Waals surface area (Å²) in [7, 11) is 0. The van der Waals surface area contributed by atoms with Gasteiger partial charge in [0.15, 0.2) is 18.9 Å². The van der Waals surface area contributed by atoms with Crippen LogP contribution in [0.3, 0.4) is 0 Å². The quantitative estimate of drug-likeness (QED) is 0.676. The third-order valence-corrected chi connectivity index (χ3v) is 4.06.